The molecule has 4 nitrogen and oxygen atoms in total. The molecule has 90 valence electrons. The lowest BCUT2D eigenvalue weighted by molar-refractivity contribution is 0.727. The molecule has 0 spiro atoms. The van der Waals surface area contributed by atoms with E-state index in [0.717, 1.165) is 30.2 Å². The first-order valence-electron chi connectivity index (χ1n) is 5.78. The molecule has 0 aliphatic heterocycles. The molecule has 0 atom stereocenters. The molecule has 0 aromatic carbocycles. The Morgan fingerprint density at radius 2 is 2.00 bits per heavy atom. The second kappa shape index (κ2) is 5.10. The maximum atomic E-state index is 4.60. The zero-order valence-corrected chi connectivity index (χ0v) is 10.6. The first kappa shape index (κ1) is 11.8. The minimum absolute atomic E-state index is 0.782. The van der Waals surface area contributed by atoms with Crippen LogP contribution in [0.3, 0.4) is 0 Å². The lowest BCUT2D eigenvalue weighted by Gasteiger charge is -2.07. The first-order chi connectivity index (χ1) is 8.20. The lowest BCUT2D eigenvalue weighted by atomic mass is 10.3. The maximum absolute atomic E-state index is 4.60. The van der Waals surface area contributed by atoms with Gasteiger partial charge in [-0.05, 0) is 33.0 Å². The van der Waals surface area contributed by atoms with E-state index >= 15 is 0 Å². The Labute approximate surface area is 102 Å². The predicted octanol–water partition coefficient (Wildman–Crippen LogP) is 1.66. The molecule has 2 heterocycles. The molecular formula is C13H18N4. The van der Waals surface area contributed by atoms with Crippen LogP contribution in [0.2, 0.25) is 0 Å². The van der Waals surface area contributed by atoms with Crippen LogP contribution in [0, 0.1) is 13.8 Å². The molecule has 0 amide bonds. The van der Waals surface area contributed by atoms with Gasteiger partial charge in [0.15, 0.2) is 0 Å². The summed E-state index contributed by atoms with van der Waals surface area (Å²) >= 11 is 0. The number of rotatable bonds is 4. The van der Waals surface area contributed by atoms with Crippen molar-refractivity contribution in [2.24, 2.45) is 0 Å². The third-order valence-corrected chi connectivity index (χ3v) is 2.90. The lowest BCUT2D eigenvalue weighted by Crippen LogP contribution is -2.09. The van der Waals surface area contributed by atoms with Crippen LogP contribution >= 0.6 is 0 Å². The fourth-order valence-corrected chi connectivity index (χ4v) is 1.77. The summed E-state index contributed by atoms with van der Waals surface area (Å²) in [7, 11) is 1.93. The minimum atomic E-state index is 0.782. The summed E-state index contributed by atoms with van der Waals surface area (Å²) in [6, 6.07) is 6.13. The van der Waals surface area contributed by atoms with Gasteiger partial charge in [-0.25, -0.2) is 4.98 Å². The van der Waals surface area contributed by atoms with Gasteiger partial charge < -0.3 is 9.88 Å². The van der Waals surface area contributed by atoms with E-state index in [2.05, 4.69) is 26.8 Å². The van der Waals surface area contributed by atoms with Gasteiger partial charge in [0.1, 0.15) is 0 Å². The van der Waals surface area contributed by atoms with Crippen molar-refractivity contribution < 1.29 is 0 Å². The smallest absolute Gasteiger partial charge is 0.0955 e. The summed E-state index contributed by atoms with van der Waals surface area (Å²) < 4.78 is 2.13. The highest BCUT2D eigenvalue weighted by Gasteiger charge is 2.04. The molecule has 2 rings (SSSR count). The van der Waals surface area contributed by atoms with Gasteiger partial charge in [0, 0.05) is 12.2 Å². The van der Waals surface area contributed by atoms with E-state index in [4.69, 9.17) is 0 Å². The van der Waals surface area contributed by atoms with E-state index in [9.17, 15) is 0 Å². The molecule has 0 aliphatic rings. The van der Waals surface area contributed by atoms with E-state index in [0.29, 0.717) is 0 Å². The highest BCUT2D eigenvalue weighted by atomic mass is 15.1. The number of pyridine rings is 1. The zero-order chi connectivity index (χ0) is 12.3. The third kappa shape index (κ3) is 2.71. The average Bonchev–Trinajstić information content (AvgIpc) is 2.62. The third-order valence-electron chi connectivity index (χ3n) is 2.90. The van der Waals surface area contributed by atoms with Gasteiger partial charge in [-0.2, -0.15) is 0 Å². The SMILES string of the molecule is CNCc1cccc(Cn2cnc(C)c2C)n1. The highest BCUT2D eigenvalue weighted by molar-refractivity contribution is 5.14. The van der Waals surface area contributed by atoms with Gasteiger partial charge >= 0.3 is 0 Å². The number of aromatic nitrogens is 3. The van der Waals surface area contributed by atoms with Crippen LogP contribution in [0.15, 0.2) is 24.5 Å². The Morgan fingerprint density at radius 3 is 2.65 bits per heavy atom. The topological polar surface area (TPSA) is 42.7 Å². The van der Waals surface area contributed by atoms with Crippen LogP contribution in [0.1, 0.15) is 22.8 Å². The molecule has 1 N–H and O–H groups in total. The second-order valence-corrected chi connectivity index (χ2v) is 4.19. The summed E-state index contributed by atoms with van der Waals surface area (Å²) in [5, 5.41) is 3.11. The van der Waals surface area contributed by atoms with Gasteiger partial charge in [-0.1, -0.05) is 6.07 Å². The minimum Gasteiger partial charge on any atom is -0.329 e. The normalized spacial score (nSPS) is 10.8. The van der Waals surface area contributed by atoms with Crippen LogP contribution in [0.4, 0.5) is 0 Å². The van der Waals surface area contributed by atoms with Crippen molar-refractivity contribution in [2.45, 2.75) is 26.9 Å². The number of hydrogen-bond acceptors (Lipinski definition) is 3. The molecule has 4 heteroatoms. The maximum Gasteiger partial charge on any atom is 0.0955 e. The van der Waals surface area contributed by atoms with Crippen molar-refractivity contribution >= 4 is 0 Å². The number of nitrogens with zero attached hydrogens (tertiary/aromatic N) is 3. The predicted molar refractivity (Wildman–Crippen MR) is 67.8 cm³/mol. The number of aryl methyl sites for hydroxylation is 1. The Kier molecular flexibility index (Phi) is 3.54. The van der Waals surface area contributed by atoms with E-state index < -0.39 is 0 Å². The molecular weight excluding hydrogens is 212 g/mol. The standard InChI is InChI=1S/C13H18N4/c1-10-11(2)17(9-15-10)8-13-6-4-5-12(16-13)7-14-3/h4-6,9,14H,7-8H2,1-3H3. The fourth-order valence-electron chi connectivity index (χ4n) is 1.77. The van der Waals surface area contributed by atoms with Crippen LogP contribution < -0.4 is 5.32 Å². The van der Waals surface area contributed by atoms with Crippen LogP contribution in [0.5, 0.6) is 0 Å². The molecule has 0 bridgehead atoms. The zero-order valence-electron chi connectivity index (χ0n) is 10.6. The van der Waals surface area contributed by atoms with E-state index in [1.54, 1.807) is 0 Å². The number of imidazole rings is 1. The molecule has 0 radical (unpaired) electrons. The summed E-state index contributed by atoms with van der Waals surface area (Å²) in [5.74, 6) is 0. The van der Waals surface area contributed by atoms with Crippen molar-refractivity contribution in [1.82, 2.24) is 19.9 Å². The Bertz CT molecular complexity index is 502. The molecule has 0 fully saturated rings. The van der Waals surface area contributed by atoms with Crippen LogP contribution in [-0.4, -0.2) is 21.6 Å². The quantitative estimate of drug-likeness (QED) is 0.868. The first-order valence-corrected chi connectivity index (χ1v) is 5.78. The second-order valence-electron chi connectivity index (χ2n) is 4.19. The average molecular weight is 230 g/mol. The summed E-state index contributed by atoms with van der Waals surface area (Å²) in [5.41, 5.74) is 4.42. The molecule has 0 unspecified atom stereocenters. The number of hydrogen-bond donors (Lipinski definition) is 1. The van der Waals surface area contributed by atoms with Gasteiger partial charge in [0.25, 0.3) is 0 Å². The molecule has 2 aromatic rings. The number of nitrogens with one attached hydrogen (secondary N) is 1. The molecule has 0 saturated heterocycles. The Hall–Kier alpha value is -1.68. The van der Waals surface area contributed by atoms with Gasteiger partial charge in [0.2, 0.25) is 0 Å². The van der Waals surface area contributed by atoms with E-state index in [1.165, 1.54) is 5.69 Å². The summed E-state index contributed by atoms with van der Waals surface area (Å²) in [6.07, 6.45) is 1.87. The monoisotopic (exact) mass is 230 g/mol. The van der Waals surface area contributed by atoms with E-state index in [1.807, 2.05) is 38.5 Å². The molecule has 0 saturated carbocycles. The van der Waals surface area contributed by atoms with Crippen molar-refractivity contribution in [2.75, 3.05) is 7.05 Å². The van der Waals surface area contributed by atoms with Crippen molar-refractivity contribution in [1.29, 1.82) is 0 Å². The van der Waals surface area contributed by atoms with Crippen molar-refractivity contribution in [3.8, 4) is 0 Å². The van der Waals surface area contributed by atoms with Gasteiger partial charge in [-0.15, -0.1) is 0 Å². The summed E-state index contributed by atoms with van der Waals surface area (Å²) in [6.45, 7) is 5.69. The largest absolute Gasteiger partial charge is 0.329 e. The van der Waals surface area contributed by atoms with Crippen molar-refractivity contribution in [3.63, 3.8) is 0 Å². The van der Waals surface area contributed by atoms with Crippen LogP contribution in [-0.2, 0) is 13.1 Å². The Balaban J connectivity index is 2.18. The fraction of sp³-hybridized carbons (Fsp3) is 0.385. The molecule has 17 heavy (non-hydrogen) atoms. The van der Waals surface area contributed by atoms with Crippen LogP contribution in [0.25, 0.3) is 0 Å². The highest BCUT2D eigenvalue weighted by Crippen LogP contribution is 2.08. The molecule has 0 aliphatic carbocycles. The summed E-state index contributed by atoms with van der Waals surface area (Å²) in [4.78, 5) is 8.89. The van der Waals surface area contributed by atoms with Gasteiger partial charge in [0.05, 0.1) is 30.0 Å². The van der Waals surface area contributed by atoms with Gasteiger partial charge in [-0.3, -0.25) is 4.98 Å². The Morgan fingerprint density at radius 1 is 1.24 bits per heavy atom. The van der Waals surface area contributed by atoms with Crippen molar-refractivity contribution in [3.05, 3.63) is 47.3 Å². The molecule has 2 aromatic heterocycles. The van der Waals surface area contributed by atoms with E-state index in [-0.39, 0.29) is 0 Å².